The van der Waals surface area contributed by atoms with E-state index in [4.69, 9.17) is 5.73 Å². The molecule has 3 rings (SSSR count). The number of carbonyl (C=O) groups excluding carboxylic acids is 2. The lowest BCUT2D eigenvalue weighted by Crippen LogP contribution is -2.51. The van der Waals surface area contributed by atoms with Crippen molar-refractivity contribution in [1.82, 2.24) is 9.78 Å². The molecule has 1 aromatic carbocycles. The summed E-state index contributed by atoms with van der Waals surface area (Å²) in [5.74, 6) is -0.443. The number of amides is 2. The summed E-state index contributed by atoms with van der Waals surface area (Å²) in [4.78, 5) is 25.1. The fourth-order valence-corrected chi connectivity index (χ4v) is 3.57. The Morgan fingerprint density at radius 2 is 2.00 bits per heavy atom. The molecular weight excluding hydrogens is 342 g/mol. The van der Waals surface area contributed by atoms with E-state index >= 15 is 0 Å². The van der Waals surface area contributed by atoms with E-state index in [1.54, 1.807) is 54.3 Å². The Morgan fingerprint density at radius 1 is 1.26 bits per heavy atom. The molecule has 7 nitrogen and oxygen atoms in total. The molecule has 0 bridgehead atoms. The van der Waals surface area contributed by atoms with E-state index in [1.165, 1.54) is 0 Å². The van der Waals surface area contributed by atoms with Gasteiger partial charge in [-0.2, -0.15) is 5.10 Å². The molecule has 1 saturated carbocycles. The van der Waals surface area contributed by atoms with Gasteiger partial charge in [0, 0.05) is 29.3 Å². The standard InChI is InChI=1S/C20H27N5O2/c1-14(25-12-6-11-22-25)18(26)23-15-7-5-8-16(13-15)24-19(27)17-9-3-4-10-20(17,2)21/h5-8,11-14,17H,3-4,9-10,21H2,1-2H3,(H,23,26)(H,24,27). The minimum Gasteiger partial charge on any atom is -0.326 e. The van der Waals surface area contributed by atoms with Gasteiger partial charge in [-0.15, -0.1) is 0 Å². The maximum Gasteiger partial charge on any atom is 0.248 e. The van der Waals surface area contributed by atoms with Gasteiger partial charge in [-0.1, -0.05) is 18.9 Å². The van der Waals surface area contributed by atoms with Gasteiger partial charge in [-0.3, -0.25) is 14.3 Å². The highest BCUT2D eigenvalue weighted by molar-refractivity contribution is 5.96. The lowest BCUT2D eigenvalue weighted by atomic mass is 9.74. The van der Waals surface area contributed by atoms with Crippen molar-refractivity contribution in [3.05, 3.63) is 42.7 Å². The summed E-state index contributed by atoms with van der Waals surface area (Å²) in [7, 11) is 0. The smallest absolute Gasteiger partial charge is 0.248 e. The Hall–Kier alpha value is -2.67. The summed E-state index contributed by atoms with van der Waals surface area (Å²) in [5, 5.41) is 9.90. The fourth-order valence-electron chi connectivity index (χ4n) is 3.57. The molecule has 0 saturated heterocycles. The number of nitrogens with two attached hydrogens (primary N) is 1. The molecule has 144 valence electrons. The van der Waals surface area contributed by atoms with Crippen molar-refractivity contribution in [1.29, 1.82) is 0 Å². The van der Waals surface area contributed by atoms with Crippen molar-refractivity contribution < 1.29 is 9.59 Å². The Kier molecular flexibility index (Phi) is 5.60. The number of rotatable bonds is 5. The maximum absolute atomic E-state index is 12.7. The van der Waals surface area contributed by atoms with E-state index in [1.807, 2.05) is 6.92 Å². The first-order chi connectivity index (χ1) is 12.9. The highest BCUT2D eigenvalue weighted by Gasteiger charge is 2.37. The quantitative estimate of drug-likeness (QED) is 0.754. The second kappa shape index (κ2) is 7.92. The molecule has 0 aliphatic heterocycles. The minimum atomic E-state index is -0.479. The predicted octanol–water partition coefficient (Wildman–Crippen LogP) is 2.93. The molecule has 3 atom stereocenters. The SMILES string of the molecule is CC(C(=O)Nc1cccc(NC(=O)C2CCCCC2(C)N)c1)n1cccn1. The summed E-state index contributed by atoms with van der Waals surface area (Å²) in [6.45, 7) is 3.73. The average Bonchev–Trinajstić information content (AvgIpc) is 3.15. The van der Waals surface area contributed by atoms with Gasteiger partial charge in [0.25, 0.3) is 0 Å². The van der Waals surface area contributed by atoms with Crippen LogP contribution in [0.4, 0.5) is 11.4 Å². The zero-order valence-electron chi connectivity index (χ0n) is 15.8. The van der Waals surface area contributed by atoms with E-state index in [-0.39, 0.29) is 17.7 Å². The molecule has 2 amide bonds. The first-order valence-electron chi connectivity index (χ1n) is 9.36. The van der Waals surface area contributed by atoms with Crippen LogP contribution in [0.2, 0.25) is 0 Å². The zero-order valence-corrected chi connectivity index (χ0v) is 15.8. The molecule has 4 N–H and O–H groups in total. The van der Waals surface area contributed by atoms with Gasteiger partial charge < -0.3 is 16.4 Å². The zero-order chi connectivity index (χ0) is 19.4. The second-order valence-corrected chi connectivity index (χ2v) is 7.53. The predicted molar refractivity (Wildman–Crippen MR) is 105 cm³/mol. The average molecular weight is 369 g/mol. The number of carbonyl (C=O) groups is 2. The number of anilines is 2. The van der Waals surface area contributed by atoms with E-state index < -0.39 is 11.6 Å². The van der Waals surface area contributed by atoms with Crippen molar-refractivity contribution >= 4 is 23.2 Å². The summed E-state index contributed by atoms with van der Waals surface area (Å²) in [5.41, 5.74) is 7.11. The first-order valence-corrected chi connectivity index (χ1v) is 9.36. The van der Waals surface area contributed by atoms with Crippen LogP contribution in [0.1, 0.15) is 45.6 Å². The van der Waals surface area contributed by atoms with Crippen LogP contribution in [0.25, 0.3) is 0 Å². The summed E-state index contributed by atoms with van der Waals surface area (Å²) >= 11 is 0. The highest BCUT2D eigenvalue weighted by atomic mass is 16.2. The number of benzene rings is 1. The number of aromatic nitrogens is 2. The van der Waals surface area contributed by atoms with Crippen molar-refractivity contribution in [2.45, 2.75) is 51.1 Å². The van der Waals surface area contributed by atoms with Crippen LogP contribution >= 0.6 is 0 Å². The second-order valence-electron chi connectivity index (χ2n) is 7.53. The molecule has 1 fully saturated rings. The highest BCUT2D eigenvalue weighted by Crippen LogP contribution is 2.32. The Morgan fingerprint density at radius 3 is 2.67 bits per heavy atom. The lowest BCUT2D eigenvalue weighted by Gasteiger charge is -2.37. The molecule has 0 radical (unpaired) electrons. The van der Waals surface area contributed by atoms with Crippen molar-refractivity contribution in [3.8, 4) is 0 Å². The van der Waals surface area contributed by atoms with Gasteiger partial charge in [0.2, 0.25) is 11.8 Å². The number of hydrogen-bond donors (Lipinski definition) is 3. The van der Waals surface area contributed by atoms with E-state index in [0.29, 0.717) is 11.4 Å². The number of nitrogens with one attached hydrogen (secondary N) is 2. The van der Waals surface area contributed by atoms with E-state index in [9.17, 15) is 9.59 Å². The Labute approximate surface area is 159 Å². The first kappa shape index (κ1) is 19.1. The third kappa shape index (κ3) is 4.54. The van der Waals surface area contributed by atoms with Crippen LogP contribution in [0.15, 0.2) is 42.7 Å². The normalized spacial score (nSPS) is 23.4. The van der Waals surface area contributed by atoms with Crippen LogP contribution in [0.5, 0.6) is 0 Å². The Bertz CT molecular complexity index is 800. The van der Waals surface area contributed by atoms with Crippen molar-refractivity contribution in [3.63, 3.8) is 0 Å². The van der Waals surface area contributed by atoms with Crippen molar-refractivity contribution in [2.75, 3.05) is 10.6 Å². The van der Waals surface area contributed by atoms with E-state index in [0.717, 1.165) is 25.7 Å². The summed E-state index contributed by atoms with van der Waals surface area (Å²) in [6, 6.07) is 8.49. The molecule has 1 heterocycles. The topological polar surface area (TPSA) is 102 Å². The van der Waals surface area contributed by atoms with Crippen LogP contribution in [-0.2, 0) is 9.59 Å². The van der Waals surface area contributed by atoms with Crippen molar-refractivity contribution in [2.24, 2.45) is 11.7 Å². The van der Waals surface area contributed by atoms with Crippen LogP contribution in [0, 0.1) is 5.92 Å². The third-order valence-corrected chi connectivity index (χ3v) is 5.27. The lowest BCUT2D eigenvalue weighted by molar-refractivity contribution is -0.123. The number of hydrogen-bond acceptors (Lipinski definition) is 4. The molecule has 3 unspecified atom stereocenters. The van der Waals surface area contributed by atoms with Crippen LogP contribution in [-0.4, -0.2) is 27.1 Å². The van der Waals surface area contributed by atoms with Crippen LogP contribution in [0.3, 0.4) is 0 Å². The number of nitrogens with zero attached hydrogens (tertiary/aromatic N) is 2. The third-order valence-electron chi connectivity index (χ3n) is 5.27. The molecule has 7 heteroatoms. The minimum absolute atomic E-state index is 0.0620. The van der Waals surface area contributed by atoms with Gasteiger partial charge in [0.1, 0.15) is 6.04 Å². The van der Waals surface area contributed by atoms with Gasteiger partial charge in [0.15, 0.2) is 0 Å². The summed E-state index contributed by atoms with van der Waals surface area (Å²) < 4.78 is 1.59. The molecule has 1 aliphatic rings. The van der Waals surface area contributed by atoms with Crippen LogP contribution < -0.4 is 16.4 Å². The molecule has 1 aromatic heterocycles. The fraction of sp³-hybridized carbons (Fsp3) is 0.450. The maximum atomic E-state index is 12.7. The van der Waals surface area contributed by atoms with Gasteiger partial charge >= 0.3 is 0 Å². The van der Waals surface area contributed by atoms with Gasteiger partial charge in [0.05, 0.1) is 5.92 Å². The Balaban J connectivity index is 1.65. The molecule has 27 heavy (non-hydrogen) atoms. The largest absolute Gasteiger partial charge is 0.326 e. The monoisotopic (exact) mass is 369 g/mol. The molecule has 0 spiro atoms. The molecular formula is C20H27N5O2. The van der Waals surface area contributed by atoms with E-state index in [2.05, 4.69) is 15.7 Å². The summed E-state index contributed by atoms with van der Waals surface area (Å²) in [6.07, 6.45) is 7.12. The van der Waals surface area contributed by atoms with Gasteiger partial charge in [-0.05, 0) is 51.0 Å². The van der Waals surface area contributed by atoms with Gasteiger partial charge in [-0.25, -0.2) is 0 Å². The molecule has 2 aromatic rings. The molecule has 1 aliphatic carbocycles.